The van der Waals surface area contributed by atoms with Gasteiger partial charge in [-0.1, -0.05) is 29.8 Å². The van der Waals surface area contributed by atoms with Crippen molar-refractivity contribution >= 4 is 18.0 Å². The molecule has 0 aliphatic carbocycles. The zero-order chi connectivity index (χ0) is 22.1. The Labute approximate surface area is 181 Å². The van der Waals surface area contributed by atoms with Crippen molar-refractivity contribution in [2.24, 2.45) is 0 Å². The number of carbonyl (C=O) groups excluding carboxylic acids is 2. The minimum atomic E-state index is -0.419. The summed E-state index contributed by atoms with van der Waals surface area (Å²) in [6.45, 7) is 6.16. The van der Waals surface area contributed by atoms with E-state index in [-0.39, 0.29) is 18.1 Å². The van der Waals surface area contributed by atoms with Gasteiger partial charge in [-0.25, -0.2) is 4.79 Å². The normalized spacial score (nSPS) is 14.8. The summed E-state index contributed by atoms with van der Waals surface area (Å²) in [5.74, 6) is -0.339. The van der Waals surface area contributed by atoms with Gasteiger partial charge in [-0.15, -0.1) is 0 Å². The first-order valence-electron chi connectivity index (χ1n) is 9.97. The van der Waals surface area contributed by atoms with Crippen LogP contribution in [0.4, 0.5) is 4.79 Å². The summed E-state index contributed by atoms with van der Waals surface area (Å²) in [5, 5.41) is 11.7. The molecular formula is C25H22N4O2. The van der Waals surface area contributed by atoms with Gasteiger partial charge in [0.1, 0.15) is 5.70 Å². The number of amides is 3. The average Bonchev–Trinajstić information content (AvgIpc) is 3.19. The molecule has 1 N–H and O–H groups in total. The first-order chi connectivity index (χ1) is 14.9. The Morgan fingerprint density at radius 3 is 2.32 bits per heavy atom. The van der Waals surface area contributed by atoms with Gasteiger partial charge in [0.2, 0.25) is 0 Å². The number of imide groups is 1. The van der Waals surface area contributed by atoms with Gasteiger partial charge >= 0.3 is 6.03 Å². The molecule has 0 radical (unpaired) electrons. The molecule has 31 heavy (non-hydrogen) atoms. The topological polar surface area (TPSA) is 78.1 Å². The van der Waals surface area contributed by atoms with Crippen LogP contribution in [0.5, 0.6) is 0 Å². The van der Waals surface area contributed by atoms with E-state index < -0.39 is 6.03 Å². The van der Waals surface area contributed by atoms with Crippen molar-refractivity contribution in [3.8, 4) is 11.8 Å². The molecule has 1 fully saturated rings. The predicted molar refractivity (Wildman–Crippen MR) is 118 cm³/mol. The molecule has 6 heteroatoms. The molecule has 2 heterocycles. The summed E-state index contributed by atoms with van der Waals surface area (Å²) in [4.78, 5) is 26.5. The van der Waals surface area contributed by atoms with E-state index in [1.54, 1.807) is 18.2 Å². The summed E-state index contributed by atoms with van der Waals surface area (Å²) >= 11 is 0. The lowest BCUT2D eigenvalue weighted by Gasteiger charge is -2.11. The Kier molecular flexibility index (Phi) is 5.18. The minimum Gasteiger partial charge on any atom is -0.318 e. The molecule has 0 saturated carbocycles. The van der Waals surface area contributed by atoms with Crippen molar-refractivity contribution in [2.75, 3.05) is 0 Å². The van der Waals surface area contributed by atoms with E-state index in [1.165, 1.54) is 4.90 Å². The highest BCUT2D eigenvalue weighted by Crippen LogP contribution is 2.24. The Morgan fingerprint density at radius 2 is 1.68 bits per heavy atom. The lowest BCUT2D eigenvalue weighted by molar-refractivity contribution is -0.123. The molecule has 1 aromatic heterocycles. The number of nitriles is 1. The molecule has 0 unspecified atom stereocenters. The van der Waals surface area contributed by atoms with Crippen LogP contribution in [0.2, 0.25) is 0 Å². The van der Waals surface area contributed by atoms with Gasteiger partial charge in [0.25, 0.3) is 5.91 Å². The number of hydrogen-bond acceptors (Lipinski definition) is 3. The van der Waals surface area contributed by atoms with Gasteiger partial charge in [-0.2, -0.15) is 5.26 Å². The van der Waals surface area contributed by atoms with Crippen LogP contribution in [0.3, 0.4) is 0 Å². The second-order valence-corrected chi connectivity index (χ2v) is 7.69. The van der Waals surface area contributed by atoms with E-state index in [1.807, 2.05) is 63.2 Å². The van der Waals surface area contributed by atoms with Crippen LogP contribution >= 0.6 is 0 Å². The molecule has 6 nitrogen and oxygen atoms in total. The van der Waals surface area contributed by atoms with Crippen molar-refractivity contribution < 1.29 is 9.59 Å². The van der Waals surface area contributed by atoms with E-state index >= 15 is 0 Å². The smallest absolute Gasteiger partial charge is 0.318 e. The molecule has 1 aliphatic heterocycles. The number of carbonyl (C=O) groups is 2. The molecule has 0 bridgehead atoms. The van der Waals surface area contributed by atoms with Crippen LogP contribution < -0.4 is 5.32 Å². The standard InChI is InChI=1S/C25H22N4O2/c1-16-4-6-20(7-5-16)15-28-24(30)23(27-25(28)31)13-21-12-17(2)29(18(21)3)22-10-8-19(14-26)9-11-22/h4-13H,15H2,1-3H3,(H,27,31). The van der Waals surface area contributed by atoms with Crippen molar-refractivity contribution in [3.05, 3.63) is 93.9 Å². The third-order valence-corrected chi connectivity index (χ3v) is 5.45. The van der Waals surface area contributed by atoms with Gasteiger partial charge in [0, 0.05) is 17.1 Å². The van der Waals surface area contributed by atoms with E-state index in [9.17, 15) is 9.59 Å². The second-order valence-electron chi connectivity index (χ2n) is 7.69. The van der Waals surface area contributed by atoms with E-state index in [0.29, 0.717) is 5.56 Å². The van der Waals surface area contributed by atoms with Crippen molar-refractivity contribution in [3.63, 3.8) is 0 Å². The zero-order valence-electron chi connectivity index (χ0n) is 17.6. The molecule has 0 spiro atoms. The quantitative estimate of drug-likeness (QED) is 0.513. The fourth-order valence-electron chi connectivity index (χ4n) is 3.76. The molecule has 4 rings (SSSR count). The third-order valence-electron chi connectivity index (χ3n) is 5.45. The van der Waals surface area contributed by atoms with Crippen LogP contribution in [0.1, 0.15) is 33.6 Å². The highest BCUT2D eigenvalue weighted by molar-refractivity contribution is 6.14. The Balaban J connectivity index is 1.61. The predicted octanol–water partition coefficient (Wildman–Crippen LogP) is 4.37. The summed E-state index contributed by atoms with van der Waals surface area (Å²) < 4.78 is 2.05. The molecule has 2 aromatic carbocycles. The molecule has 3 aromatic rings. The molecular weight excluding hydrogens is 388 g/mol. The molecule has 1 aliphatic rings. The fraction of sp³-hybridized carbons (Fsp3) is 0.160. The number of nitrogens with zero attached hydrogens (tertiary/aromatic N) is 3. The largest absolute Gasteiger partial charge is 0.329 e. The SMILES string of the molecule is Cc1ccc(CN2C(=O)NC(=Cc3cc(C)n(-c4ccc(C#N)cc4)c3C)C2=O)cc1. The van der Waals surface area contributed by atoms with Crippen LogP contribution in [0.15, 0.2) is 60.3 Å². The number of benzene rings is 2. The number of rotatable bonds is 4. The van der Waals surface area contributed by atoms with E-state index in [2.05, 4.69) is 16.0 Å². The number of urea groups is 1. The maximum Gasteiger partial charge on any atom is 0.329 e. The van der Waals surface area contributed by atoms with Crippen molar-refractivity contribution in [1.82, 2.24) is 14.8 Å². The maximum absolute atomic E-state index is 12.9. The van der Waals surface area contributed by atoms with Gasteiger partial charge in [-0.3, -0.25) is 9.69 Å². The number of aromatic nitrogens is 1. The fourth-order valence-corrected chi connectivity index (χ4v) is 3.76. The highest BCUT2D eigenvalue weighted by Gasteiger charge is 2.33. The van der Waals surface area contributed by atoms with Gasteiger partial charge in [-0.05, 0) is 68.3 Å². The van der Waals surface area contributed by atoms with E-state index in [0.717, 1.165) is 33.8 Å². The molecule has 3 amide bonds. The second kappa shape index (κ2) is 7.96. The maximum atomic E-state index is 12.9. The van der Waals surface area contributed by atoms with Crippen molar-refractivity contribution in [1.29, 1.82) is 5.26 Å². The Morgan fingerprint density at radius 1 is 1.00 bits per heavy atom. The lowest BCUT2D eigenvalue weighted by atomic mass is 10.1. The monoisotopic (exact) mass is 410 g/mol. The summed E-state index contributed by atoms with van der Waals surface area (Å²) in [7, 11) is 0. The average molecular weight is 410 g/mol. The van der Waals surface area contributed by atoms with Crippen LogP contribution in [0, 0.1) is 32.1 Å². The molecule has 1 saturated heterocycles. The van der Waals surface area contributed by atoms with Gasteiger partial charge in [0.15, 0.2) is 0 Å². The highest BCUT2D eigenvalue weighted by atomic mass is 16.2. The number of hydrogen-bond donors (Lipinski definition) is 1. The van der Waals surface area contributed by atoms with Crippen molar-refractivity contribution in [2.45, 2.75) is 27.3 Å². The Hall–Kier alpha value is -4.11. The number of aryl methyl sites for hydroxylation is 2. The van der Waals surface area contributed by atoms with Crippen LogP contribution in [-0.2, 0) is 11.3 Å². The lowest BCUT2D eigenvalue weighted by Crippen LogP contribution is -2.30. The van der Waals surface area contributed by atoms with Crippen LogP contribution in [-0.4, -0.2) is 21.4 Å². The van der Waals surface area contributed by atoms with Crippen LogP contribution in [0.25, 0.3) is 11.8 Å². The zero-order valence-corrected chi connectivity index (χ0v) is 17.6. The first kappa shape index (κ1) is 20.2. The van der Waals surface area contributed by atoms with Gasteiger partial charge in [0.05, 0.1) is 18.2 Å². The van der Waals surface area contributed by atoms with E-state index in [4.69, 9.17) is 5.26 Å². The first-order valence-corrected chi connectivity index (χ1v) is 9.97. The molecule has 154 valence electrons. The minimum absolute atomic E-state index is 0.229. The third kappa shape index (κ3) is 3.86. The summed E-state index contributed by atoms with van der Waals surface area (Å²) in [6.07, 6.45) is 1.72. The number of nitrogens with one attached hydrogen (secondary N) is 1. The summed E-state index contributed by atoms with van der Waals surface area (Å²) in [6, 6.07) is 18.8. The van der Waals surface area contributed by atoms with Gasteiger partial charge < -0.3 is 9.88 Å². The summed E-state index contributed by atoms with van der Waals surface area (Å²) in [5.41, 5.74) is 6.59. The Bertz CT molecular complexity index is 1240. The molecule has 0 atom stereocenters.